The Morgan fingerprint density at radius 3 is 2.89 bits per heavy atom. The van der Waals surface area contributed by atoms with Crippen LogP contribution in [0, 0.1) is 6.92 Å². The highest BCUT2D eigenvalue weighted by atomic mass is 32.1. The van der Waals surface area contributed by atoms with Gasteiger partial charge in [-0.1, -0.05) is 6.07 Å². The molecule has 1 aliphatic heterocycles. The van der Waals surface area contributed by atoms with E-state index in [0.29, 0.717) is 0 Å². The van der Waals surface area contributed by atoms with Crippen LogP contribution in [0.2, 0.25) is 0 Å². The van der Waals surface area contributed by atoms with E-state index in [-0.39, 0.29) is 0 Å². The molecule has 18 heavy (non-hydrogen) atoms. The Kier molecular flexibility index (Phi) is 3.25. The molecular formula is C13H16N4S. The van der Waals surface area contributed by atoms with Crippen molar-refractivity contribution in [3.63, 3.8) is 0 Å². The van der Waals surface area contributed by atoms with E-state index in [1.54, 1.807) is 11.3 Å². The van der Waals surface area contributed by atoms with E-state index in [0.717, 1.165) is 43.4 Å². The summed E-state index contributed by atoms with van der Waals surface area (Å²) in [6.07, 6.45) is 1.93. The predicted molar refractivity (Wildman–Crippen MR) is 75.2 cm³/mol. The first kappa shape index (κ1) is 11.6. The van der Waals surface area contributed by atoms with E-state index >= 15 is 0 Å². The number of anilines is 1. The average Bonchev–Trinajstić information content (AvgIpc) is 2.94. The normalized spacial score (nSPS) is 15.9. The Labute approximate surface area is 111 Å². The summed E-state index contributed by atoms with van der Waals surface area (Å²) in [5, 5.41) is 5.43. The minimum absolute atomic E-state index is 0.852. The first-order chi connectivity index (χ1) is 8.84. The number of nitrogens with zero attached hydrogens (tertiary/aromatic N) is 3. The van der Waals surface area contributed by atoms with E-state index in [2.05, 4.69) is 39.6 Å². The van der Waals surface area contributed by atoms with Crippen molar-refractivity contribution < 1.29 is 0 Å². The highest BCUT2D eigenvalue weighted by Gasteiger charge is 2.15. The summed E-state index contributed by atoms with van der Waals surface area (Å²) in [5.74, 6) is 0.852. The number of hydrogen-bond donors (Lipinski definition) is 1. The molecule has 0 aliphatic carbocycles. The van der Waals surface area contributed by atoms with Crippen LogP contribution in [0.1, 0.15) is 5.56 Å². The van der Waals surface area contributed by atoms with Gasteiger partial charge in [-0.05, 0) is 23.9 Å². The van der Waals surface area contributed by atoms with E-state index in [1.165, 1.54) is 4.88 Å². The Hall–Kier alpha value is -1.46. The van der Waals surface area contributed by atoms with Crippen LogP contribution in [0.3, 0.4) is 0 Å². The Balaban J connectivity index is 1.95. The van der Waals surface area contributed by atoms with Gasteiger partial charge in [-0.3, -0.25) is 0 Å². The van der Waals surface area contributed by atoms with Crippen molar-refractivity contribution in [1.29, 1.82) is 0 Å². The fourth-order valence-electron chi connectivity index (χ4n) is 2.11. The number of piperazine rings is 1. The van der Waals surface area contributed by atoms with Gasteiger partial charge in [-0.25, -0.2) is 9.97 Å². The van der Waals surface area contributed by atoms with Gasteiger partial charge in [0, 0.05) is 32.4 Å². The number of thiophene rings is 1. The van der Waals surface area contributed by atoms with Crippen LogP contribution in [-0.2, 0) is 0 Å². The maximum absolute atomic E-state index is 4.74. The van der Waals surface area contributed by atoms with Crippen LogP contribution < -0.4 is 10.2 Å². The second-order valence-electron chi connectivity index (χ2n) is 4.42. The molecule has 1 fully saturated rings. The van der Waals surface area contributed by atoms with Gasteiger partial charge in [-0.15, -0.1) is 11.3 Å². The molecule has 2 aromatic rings. The molecule has 0 amide bonds. The van der Waals surface area contributed by atoms with Gasteiger partial charge in [-0.2, -0.15) is 0 Å². The molecule has 5 heteroatoms. The number of aryl methyl sites for hydroxylation is 1. The number of nitrogens with one attached hydrogen (secondary N) is 1. The van der Waals surface area contributed by atoms with Crippen molar-refractivity contribution in [3.8, 4) is 10.6 Å². The Morgan fingerprint density at radius 1 is 1.33 bits per heavy atom. The summed E-state index contributed by atoms with van der Waals surface area (Å²) in [7, 11) is 0. The molecule has 0 radical (unpaired) electrons. The summed E-state index contributed by atoms with van der Waals surface area (Å²) in [6, 6.07) is 4.17. The van der Waals surface area contributed by atoms with Crippen molar-refractivity contribution in [2.24, 2.45) is 0 Å². The summed E-state index contributed by atoms with van der Waals surface area (Å²) in [6.45, 7) is 6.04. The van der Waals surface area contributed by atoms with Crippen molar-refractivity contribution in [1.82, 2.24) is 15.3 Å². The lowest BCUT2D eigenvalue weighted by molar-refractivity contribution is 0.580. The summed E-state index contributed by atoms with van der Waals surface area (Å²) in [4.78, 5) is 12.7. The van der Waals surface area contributed by atoms with Gasteiger partial charge in [0.25, 0.3) is 0 Å². The zero-order valence-electron chi connectivity index (χ0n) is 10.4. The second-order valence-corrected chi connectivity index (χ2v) is 5.36. The standard InChI is InChI=1S/C13H16N4S/c1-10-9-15-13(17-6-4-14-5-7-17)16-12(10)11-3-2-8-18-11/h2-3,8-9,14H,4-7H2,1H3. The molecule has 3 heterocycles. The van der Waals surface area contributed by atoms with Gasteiger partial charge in [0.15, 0.2) is 0 Å². The average molecular weight is 260 g/mol. The molecule has 0 bridgehead atoms. The molecule has 0 atom stereocenters. The predicted octanol–water partition coefficient (Wildman–Crippen LogP) is 1.92. The zero-order chi connectivity index (χ0) is 12.4. The molecule has 0 unspecified atom stereocenters. The van der Waals surface area contributed by atoms with E-state index in [1.807, 2.05) is 6.20 Å². The summed E-state index contributed by atoms with van der Waals surface area (Å²) in [5.41, 5.74) is 2.20. The lowest BCUT2D eigenvalue weighted by Crippen LogP contribution is -2.44. The molecule has 2 aromatic heterocycles. The van der Waals surface area contributed by atoms with E-state index in [4.69, 9.17) is 4.98 Å². The highest BCUT2D eigenvalue weighted by Crippen LogP contribution is 2.26. The van der Waals surface area contributed by atoms with E-state index < -0.39 is 0 Å². The molecule has 94 valence electrons. The Bertz CT molecular complexity index is 518. The molecule has 0 saturated carbocycles. The minimum Gasteiger partial charge on any atom is -0.338 e. The maximum Gasteiger partial charge on any atom is 0.225 e. The smallest absolute Gasteiger partial charge is 0.225 e. The van der Waals surface area contributed by atoms with Crippen LogP contribution in [0.4, 0.5) is 5.95 Å². The van der Waals surface area contributed by atoms with Crippen molar-refractivity contribution in [2.75, 3.05) is 31.1 Å². The van der Waals surface area contributed by atoms with E-state index in [9.17, 15) is 0 Å². The molecule has 0 spiro atoms. The van der Waals surface area contributed by atoms with Crippen LogP contribution in [0.25, 0.3) is 10.6 Å². The lowest BCUT2D eigenvalue weighted by atomic mass is 10.2. The maximum atomic E-state index is 4.74. The fourth-order valence-corrected chi connectivity index (χ4v) is 2.89. The molecule has 1 N–H and O–H groups in total. The van der Waals surface area contributed by atoms with Crippen LogP contribution in [0.15, 0.2) is 23.7 Å². The number of hydrogen-bond acceptors (Lipinski definition) is 5. The van der Waals surface area contributed by atoms with Gasteiger partial charge < -0.3 is 10.2 Å². The van der Waals surface area contributed by atoms with Crippen LogP contribution >= 0.6 is 11.3 Å². The molecule has 3 rings (SSSR count). The molecular weight excluding hydrogens is 244 g/mol. The Morgan fingerprint density at radius 2 is 2.17 bits per heavy atom. The first-order valence-corrected chi connectivity index (χ1v) is 7.06. The van der Waals surface area contributed by atoms with Gasteiger partial charge in [0.05, 0.1) is 10.6 Å². The third-order valence-corrected chi connectivity index (χ3v) is 3.99. The summed E-state index contributed by atoms with van der Waals surface area (Å²) >= 11 is 1.72. The SMILES string of the molecule is Cc1cnc(N2CCNCC2)nc1-c1cccs1. The monoisotopic (exact) mass is 260 g/mol. The van der Waals surface area contributed by atoms with Gasteiger partial charge in [0.2, 0.25) is 5.95 Å². The lowest BCUT2D eigenvalue weighted by Gasteiger charge is -2.27. The third kappa shape index (κ3) is 2.23. The largest absolute Gasteiger partial charge is 0.338 e. The van der Waals surface area contributed by atoms with Crippen molar-refractivity contribution >= 4 is 17.3 Å². The number of rotatable bonds is 2. The molecule has 4 nitrogen and oxygen atoms in total. The van der Waals surface area contributed by atoms with Crippen molar-refractivity contribution in [3.05, 3.63) is 29.3 Å². The number of aromatic nitrogens is 2. The third-order valence-electron chi connectivity index (χ3n) is 3.11. The van der Waals surface area contributed by atoms with Gasteiger partial charge in [0.1, 0.15) is 0 Å². The van der Waals surface area contributed by atoms with Crippen LogP contribution in [-0.4, -0.2) is 36.1 Å². The molecule has 0 aromatic carbocycles. The van der Waals surface area contributed by atoms with Crippen molar-refractivity contribution in [2.45, 2.75) is 6.92 Å². The fraction of sp³-hybridized carbons (Fsp3) is 0.385. The van der Waals surface area contributed by atoms with Crippen LogP contribution in [0.5, 0.6) is 0 Å². The summed E-state index contributed by atoms with van der Waals surface area (Å²) < 4.78 is 0. The zero-order valence-corrected chi connectivity index (χ0v) is 11.2. The topological polar surface area (TPSA) is 41.1 Å². The van der Waals surface area contributed by atoms with Gasteiger partial charge >= 0.3 is 0 Å². The first-order valence-electron chi connectivity index (χ1n) is 6.18. The molecule has 1 aliphatic rings. The quantitative estimate of drug-likeness (QED) is 0.895. The molecule has 1 saturated heterocycles. The second kappa shape index (κ2) is 5.04. The highest BCUT2D eigenvalue weighted by molar-refractivity contribution is 7.13. The minimum atomic E-state index is 0.852.